The molecule has 1 aromatic heterocycles. The second-order valence-corrected chi connectivity index (χ2v) is 4.90. The lowest BCUT2D eigenvalue weighted by Crippen LogP contribution is -2.25. The van der Waals surface area contributed by atoms with E-state index >= 15 is 0 Å². The van der Waals surface area contributed by atoms with Gasteiger partial charge in [0.1, 0.15) is 11.6 Å². The Bertz CT molecular complexity index is 611. The molecular formula is C14H13FN2O2S. The number of hydrogen-bond donors (Lipinski definition) is 1. The van der Waals surface area contributed by atoms with Crippen molar-refractivity contribution in [2.75, 3.05) is 6.61 Å². The average Bonchev–Trinajstić information content (AvgIpc) is 2.97. The molecule has 0 unspecified atom stereocenters. The van der Waals surface area contributed by atoms with Gasteiger partial charge in [-0.2, -0.15) is 5.10 Å². The number of hydrazone groups is 1. The van der Waals surface area contributed by atoms with E-state index in [-0.39, 0.29) is 6.61 Å². The minimum Gasteiger partial charge on any atom is -0.484 e. The van der Waals surface area contributed by atoms with Crippen LogP contribution in [0.1, 0.15) is 11.8 Å². The first-order valence-corrected chi connectivity index (χ1v) is 6.78. The molecule has 0 saturated heterocycles. The van der Waals surface area contributed by atoms with Gasteiger partial charge in [-0.15, -0.1) is 11.3 Å². The molecule has 0 aliphatic carbocycles. The molecule has 1 heterocycles. The number of amides is 1. The second kappa shape index (κ2) is 6.81. The van der Waals surface area contributed by atoms with E-state index in [0.29, 0.717) is 5.75 Å². The van der Waals surface area contributed by atoms with Gasteiger partial charge in [-0.1, -0.05) is 12.1 Å². The minimum atomic E-state index is -0.408. The maximum Gasteiger partial charge on any atom is 0.277 e. The zero-order chi connectivity index (χ0) is 14.4. The fraction of sp³-hybridized carbons (Fsp3) is 0.143. The van der Waals surface area contributed by atoms with Crippen molar-refractivity contribution in [1.82, 2.24) is 5.43 Å². The molecule has 0 radical (unpaired) electrons. The number of carbonyl (C=O) groups excluding carboxylic acids is 1. The Labute approximate surface area is 119 Å². The van der Waals surface area contributed by atoms with E-state index in [2.05, 4.69) is 10.5 Å². The van der Waals surface area contributed by atoms with Gasteiger partial charge < -0.3 is 4.74 Å². The van der Waals surface area contributed by atoms with E-state index < -0.39 is 11.7 Å². The van der Waals surface area contributed by atoms with Gasteiger partial charge in [0.15, 0.2) is 6.61 Å². The van der Waals surface area contributed by atoms with Gasteiger partial charge in [-0.3, -0.25) is 4.79 Å². The Morgan fingerprint density at radius 1 is 1.40 bits per heavy atom. The Morgan fingerprint density at radius 2 is 2.25 bits per heavy atom. The van der Waals surface area contributed by atoms with E-state index in [1.165, 1.54) is 29.5 Å². The molecule has 6 heteroatoms. The fourth-order valence-corrected chi connectivity index (χ4v) is 2.10. The summed E-state index contributed by atoms with van der Waals surface area (Å²) in [6, 6.07) is 9.44. The number of ether oxygens (including phenoxy) is 1. The molecule has 1 amide bonds. The van der Waals surface area contributed by atoms with Crippen molar-refractivity contribution in [3.63, 3.8) is 0 Å². The number of benzene rings is 1. The largest absolute Gasteiger partial charge is 0.484 e. The molecule has 0 bridgehead atoms. The lowest BCUT2D eigenvalue weighted by Gasteiger charge is -2.05. The smallest absolute Gasteiger partial charge is 0.277 e. The molecule has 0 spiro atoms. The molecular weight excluding hydrogens is 279 g/mol. The summed E-state index contributed by atoms with van der Waals surface area (Å²) in [6.07, 6.45) is 0. The molecule has 104 valence electrons. The van der Waals surface area contributed by atoms with Crippen molar-refractivity contribution in [2.45, 2.75) is 6.92 Å². The monoisotopic (exact) mass is 292 g/mol. The van der Waals surface area contributed by atoms with Crippen LogP contribution in [0.2, 0.25) is 0 Å². The van der Waals surface area contributed by atoms with Gasteiger partial charge in [-0.05, 0) is 30.5 Å². The molecule has 0 aliphatic rings. The average molecular weight is 292 g/mol. The van der Waals surface area contributed by atoms with E-state index in [9.17, 15) is 9.18 Å². The highest BCUT2D eigenvalue weighted by Gasteiger charge is 2.04. The molecule has 0 aliphatic heterocycles. The van der Waals surface area contributed by atoms with Crippen LogP contribution in [0, 0.1) is 5.82 Å². The normalized spacial score (nSPS) is 11.2. The van der Waals surface area contributed by atoms with Crippen molar-refractivity contribution in [3.05, 3.63) is 52.5 Å². The van der Waals surface area contributed by atoms with Crippen LogP contribution in [0.15, 0.2) is 46.9 Å². The number of carbonyl (C=O) groups is 1. The van der Waals surface area contributed by atoms with Crippen molar-refractivity contribution in [3.8, 4) is 5.75 Å². The van der Waals surface area contributed by atoms with Gasteiger partial charge in [-0.25, -0.2) is 9.82 Å². The highest BCUT2D eigenvalue weighted by atomic mass is 32.1. The van der Waals surface area contributed by atoms with Crippen molar-refractivity contribution >= 4 is 23.0 Å². The lowest BCUT2D eigenvalue weighted by molar-refractivity contribution is -0.123. The van der Waals surface area contributed by atoms with Gasteiger partial charge in [0.2, 0.25) is 0 Å². The predicted molar refractivity (Wildman–Crippen MR) is 76.6 cm³/mol. The summed E-state index contributed by atoms with van der Waals surface area (Å²) in [5.74, 6) is -0.501. The Balaban J connectivity index is 1.83. The van der Waals surface area contributed by atoms with Crippen LogP contribution in [0.5, 0.6) is 5.75 Å². The maximum absolute atomic E-state index is 12.9. The molecule has 4 nitrogen and oxygen atoms in total. The third-order valence-corrected chi connectivity index (χ3v) is 3.37. The second-order valence-electron chi connectivity index (χ2n) is 3.96. The summed E-state index contributed by atoms with van der Waals surface area (Å²) in [4.78, 5) is 12.5. The Kier molecular flexibility index (Phi) is 4.84. The fourth-order valence-electron chi connectivity index (χ4n) is 1.42. The van der Waals surface area contributed by atoms with Gasteiger partial charge in [0.05, 0.1) is 5.71 Å². The van der Waals surface area contributed by atoms with Crippen molar-refractivity contribution < 1.29 is 13.9 Å². The van der Waals surface area contributed by atoms with Crippen LogP contribution in [0.4, 0.5) is 4.39 Å². The van der Waals surface area contributed by atoms with Crippen molar-refractivity contribution in [2.24, 2.45) is 5.10 Å². The number of halogens is 1. The first kappa shape index (κ1) is 14.2. The summed E-state index contributed by atoms with van der Waals surface area (Å²) >= 11 is 1.54. The number of thiophene rings is 1. The highest BCUT2D eigenvalue weighted by Crippen LogP contribution is 2.11. The molecule has 20 heavy (non-hydrogen) atoms. The quantitative estimate of drug-likeness (QED) is 0.680. The number of hydrogen-bond acceptors (Lipinski definition) is 4. The zero-order valence-corrected chi connectivity index (χ0v) is 11.6. The first-order valence-electron chi connectivity index (χ1n) is 5.90. The van der Waals surface area contributed by atoms with E-state index in [0.717, 1.165) is 10.6 Å². The number of nitrogens with zero attached hydrogens (tertiary/aromatic N) is 1. The molecule has 0 atom stereocenters. The van der Waals surface area contributed by atoms with E-state index in [1.54, 1.807) is 13.0 Å². The Hall–Kier alpha value is -2.21. The molecule has 2 aromatic rings. The SMILES string of the molecule is C/C(=N/NC(=O)COc1cccc(F)c1)c1cccs1. The molecule has 0 saturated carbocycles. The third kappa shape index (κ3) is 4.17. The minimum absolute atomic E-state index is 0.218. The van der Waals surface area contributed by atoms with Crippen LogP contribution >= 0.6 is 11.3 Å². The van der Waals surface area contributed by atoms with E-state index in [1.807, 2.05) is 17.5 Å². The lowest BCUT2D eigenvalue weighted by atomic mass is 10.3. The first-order chi connectivity index (χ1) is 9.65. The molecule has 0 fully saturated rings. The molecule has 2 rings (SSSR count). The summed E-state index contributed by atoms with van der Waals surface area (Å²) in [6.45, 7) is 1.59. The van der Waals surface area contributed by atoms with Crippen molar-refractivity contribution in [1.29, 1.82) is 0 Å². The van der Waals surface area contributed by atoms with E-state index in [4.69, 9.17) is 4.74 Å². The topological polar surface area (TPSA) is 50.7 Å². The summed E-state index contributed by atoms with van der Waals surface area (Å²) in [7, 11) is 0. The Morgan fingerprint density at radius 3 is 2.95 bits per heavy atom. The summed E-state index contributed by atoms with van der Waals surface area (Å²) in [5.41, 5.74) is 3.11. The highest BCUT2D eigenvalue weighted by molar-refractivity contribution is 7.12. The van der Waals surface area contributed by atoms with Crippen LogP contribution in [-0.2, 0) is 4.79 Å². The third-order valence-electron chi connectivity index (χ3n) is 2.39. The van der Waals surface area contributed by atoms with Gasteiger partial charge >= 0.3 is 0 Å². The van der Waals surface area contributed by atoms with Crippen LogP contribution in [0.25, 0.3) is 0 Å². The van der Waals surface area contributed by atoms with Gasteiger partial charge in [0.25, 0.3) is 5.91 Å². The molecule has 1 aromatic carbocycles. The molecule has 1 N–H and O–H groups in total. The predicted octanol–water partition coefficient (Wildman–Crippen LogP) is 2.81. The number of rotatable bonds is 5. The zero-order valence-electron chi connectivity index (χ0n) is 10.8. The van der Waals surface area contributed by atoms with Crippen LogP contribution in [0.3, 0.4) is 0 Å². The summed E-state index contributed by atoms with van der Waals surface area (Å²) < 4.78 is 18.1. The maximum atomic E-state index is 12.9. The standard InChI is InChI=1S/C14H13FN2O2S/c1-10(13-6-3-7-20-13)16-17-14(18)9-19-12-5-2-4-11(15)8-12/h2-8H,9H2,1H3,(H,17,18)/b16-10-. The van der Waals surface area contributed by atoms with Gasteiger partial charge in [0, 0.05) is 10.9 Å². The van der Waals surface area contributed by atoms with Crippen LogP contribution in [-0.4, -0.2) is 18.2 Å². The summed E-state index contributed by atoms with van der Waals surface area (Å²) in [5, 5.41) is 5.90. The number of nitrogens with one attached hydrogen (secondary N) is 1. The van der Waals surface area contributed by atoms with Crippen LogP contribution < -0.4 is 10.2 Å².